The number of imide groups is 1. The second kappa shape index (κ2) is 6.50. The van der Waals surface area contributed by atoms with E-state index in [1.807, 2.05) is 6.07 Å². The zero-order chi connectivity index (χ0) is 18.1. The summed E-state index contributed by atoms with van der Waals surface area (Å²) in [4.78, 5) is 27.6. The predicted octanol–water partition coefficient (Wildman–Crippen LogP) is 3.72. The number of carbonyl (C=O) groups is 2. The molecule has 5 heteroatoms. The lowest BCUT2D eigenvalue weighted by Crippen LogP contribution is -2.45. The number of anilines is 1. The Bertz CT molecular complexity index is 868. The molecule has 2 saturated heterocycles. The summed E-state index contributed by atoms with van der Waals surface area (Å²) in [5, 5.41) is 0. The molecule has 2 aromatic rings. The summed E-state index contributed by atoms with van der Waals surface area (Å²) < 4.78 is 19.1. The number of benzene rings is 2. The smallest absolute Gasteiger partial charge is 0.271 e. The first kappa shape index (κ1) is 16.7. The van der Waals surface area contributed by atoms with Gasteiger partial charge in [-0.1, -0.05) is 30.3 Å². The van der Waals surface area contributed by atoms with Gasteiger partial charge in [0.25, 0.3) is 11.8 Å². The van der Waals surface area contributed by atoms with Crippen LogP contribution in [-0.4, -0.2) is 24.0 Å². The van der Waals surface area contributed by atoms with Crippen molar-refractivity contribution >= 4 is 23.6 Å². The van der Waals surface area contributed by atoms with Crippen molar-refractivity contribution in [1.29, 1.82) is 0 Å². The van der Waals surface area contributed by atoms with Gasteiger partial charge in [0.2, 0.25) is 0 Å². The van der Waals surface area contributed by atoms with Crippen LogP contribution in [0.1, 0.15) is 24.8 Å². The summed E-state index contributed by atoms with van der Waals surface area (Å²) in [5.41, 5.74) is 0.252. The fraction of sp³-hybridized carbons (Fsp3) is 0.238. The predicted molar refractivity (Wildman–Crippen MR) is 95.8 cm³/mol. The summed E-state index contributed by atoms with van der Waals surface area (Å²) in [6, 6.07) is 14.7. The van der Waals surface area contributed by atoms with Crippen LogP contribution >= 0.6 is 0 Å². The molecule has 1 spiro atoms. The standard InChI is InChI=1S/C21H18FNO3/c22-16-10-8-15(9-11-16)14-18-19(24)23(17-6-2-1-3-7-17)20(25)21(18)12-4-5-13-26-21/h1-3,6-11,14H,4-5,12-13H2/b18-14-. The Morgan fingerprint density at radius 3 is 2.38 bits per heavy atom. The highest BCUT2D eigenvalue weighted by molar-refractivity contribution is 6.33. The summed E-state index contributed by atoms with van der Waals surface area (Å²) in [5.74, 6) is -1.08. The average Bonchev–Trinajstić information content (AvgIpc) is 2.86. The highest BCUT2D eigenvalue weighted by atomic mass is 19.1. The molecule has 1 unspecified atom stereocenters. The van der Waals surface area contributed by atoms with Crippen LogP contribution in [0, 0.1) is 5.82 Å². The molecule has 2 aliphatic rings. The molecule has 2 aromatic carbocycles. The quantitative estimate of drug-likeness (QED) is 0.612. The van der Waals surface area contributed by atoms with Crippen LogP contribution in [0.3, 0.4) is 0 Å². The van der Waals surface area contributed by atoms with Crippen molar-refractivity contribution in [1.82, 2.24) is 0 Å². The van der Waals surface area contributed by atoms with Crippen molar-refractivity contribution in [2.24, 2.45) is 0 Å². The highest BCUT2D eigenvalue weighted by Crippen LogP contribution is 2.42. The Balaban J connectivity index is 1.83. The Morgan fingerprint density at radius 1 is 1.00 bits per heavy atom. The zero-order valence-electron chi connectivity index (χ0n) is 14.2. The summed E-state index contributed by atoms with van der Waals surface area (Å²) in [7, 11) is 0. The van der Waals surface area contributed by atoms with Crippen LogP contribution in [0.2, 0.25) is 0 Å². The van der Waals surface area contributed by atoms with E-state index in [0.29, 0.717) is 29.9 Å². The van der Waals surface area contributed by atoms with Gasteiger partial charge >= 0.3 is 0 Å². The van der Waals surface area contributed by atoms with Crippen LogP contribution in [0.5, 0.6) is 0 Å². The van der Waals surface area contributed by atoms with Crippen molar-refractivity contribution in [3.05, 3.63) is 71.6 Å². The Hall–Kier alpha value is -2.79. The molecular formula is C21H18FNO3. The number of hydrogen-bond acceptors (Lipinski definition) is 3. The van der Waals surface area contributed by atoms with Gasteiger partial charge in [0.1, 0.15) is 5.82 Å². The molecule has 0 aliphatic carbocycles. The molecule has 4 nitrogen and oxygen atoms in total. The van der Waals surface area contributed by atoms with Crippen molar-refractivity contribution in [2.75, 3.05) is 11.5 Å². The average molecular weight is 351 g/mol. The minimum absolute atomic E-state index is 0.317. The number of halogens is 1. The summed E-state index contributed by atoms with van der Waals surface area (Å²) in [6.07, 6.45) is 3.78. The number of amides is 2. The third kappa shape index (κ3) is 2.65. The van der Waals surface area contributed by atoms with Crippen LogP contribution in [0.15, 0.2) is 60.2 Å². The Morgan fingerprint density at radius 2 is 1.73 bits per heavy atom. The SMILES string of the molecule is O=C1/C(=C/c2ccc(F)cc2)C2(CCCCO2)C(=O)N1c1ccccc1. The van der Waals surface area contributed by atoms with E-state index in [2.05, 4.69) is 0 Å². The van der Waals surface area contributed by atoms with Crippen LogP contribution in [0.25, 0.3) is 6.08 Å². The van der Waals surface area contributed by atoms with Gasteiger partial charge in [0.05, 0.1) is 11.3 Å². The number of ether oxygens (including phenoxy) is 1. The first-order chi connectivity index (χ1) is 12.6. The lowest BCUT2D eigenvalue weighted by Gasteiger charge is -2.32. The van der Waals surface area contributed by atoms with E-state index in [1.165, 1.54) is 17.0 Å². The van der Waals surface area contributed by atoms with Gasteiger partial charge < -0.3 is 4.74 Å². The van der Waals surface area contributed by atoms with Crippen molar-refractivity contribution in [3.8, 4) is 0 Å². The van der Waals surface area contributed by atoms with Gasteiger partial charge in [-0.15, -0.1) is 0 Å². The Kier molecular flexibility index (Phi) is 4.17. The van der Waals surface area contributed by atoms with Crippen LogP contribution in [0.4, 0.5) is 10.1 Å². The van der Waals surface area contributed by atoms with E-state index in [1.54, 1.807) is 42.5 Å². The van der Waals surface area contributed by atoms with E-state index in [0.717, 1.165) is 12.8 Å². The van der Waals surface area contributed by atoms with E-state index in [9.17, 15) is 14.0 Å². The molecule has 0 N–H and O–H groups in total. The second-order valence-electron chi connectivity index (χ2n) is 6.52. The molecule has 2 amide bonds. The topological polar surface area (TPSA) is 46.6 Å². The Labute approximate surface area is 150 Å². The number of carbonyl (C=O) groups excluding carboxylic acids is 2. The lowest BCUT2D eigenvalue weighted by atomic mass is 9.86. The number of para-hydroxylation sites is 1. The summed E-state index contributed by atoms with van der Waals surface area (Å²) >= 11 is 0. The van der Waals surface area contributed by atoms with Gasteiger partial charge in [-0.3, -0.25) is 9.59 Å². The highest BCUT2D eigenvalue weighted by Gasteiger charge is 2.57. The lowest BCUT2D eigenvalue weighted by molar-refractivity contribution is -0.140. The number of nitrogens with zero attached hydrogens (tertiary/aromatic N) is 1. The van der Waals surface area contributed by atoms with Gasteiger partial charge in [-0.05, 0) is 55.2 Å². The second-order valence-corrected chi connectivity index (χ2v) is 6.52. The van der Waals surface area contributed by atoms with Gasteiger partial charge in [-0.25, -0.2) is 9.29 Å². The molecule has 0 bridgehead atoms. The fourth-order valence-corrected chi connectivity index (χ4v) is 3.57. The molecule has 2 fully saturated rings. The first-order valence-electron chi connectivity index (χ1n) is 8.67. The molecule has 0 saturated carbocycles. The van der Waals surface area contributed by atoms with Crippen LogP contribution in [-0.2, 0) is 14.3 Å². The maximum Gasteiger partial charge on any atom is 0.271 e. The monoisotopic (exact) mass is 351 g/mol. The number of rotatable bonds is 2. The van der Waals surface area contributed by atoms with Crippen molar-refractivity contribution in [2.45, 2.75) is 24.9 Å². The molecule has 0 radical (unpaired) electrons. The summed E-state index contributed by atoms with van der Waals surface area (Å²) in [6.45, 7) is 0.433. The molecule has 2 heterocycles. The molecule has 2 aliphatic heterocycles. The molecule has 26 heavy (non-hydrogen) atoms. The fourth-order valence-electron chi connectivity index (χ4n) is 3.57. The molecule has 0 aromatic heterocycles. The minimum Gasteiger partial charge on any atom is -0.360 e. The zero-order valence-corrected chi connectivity index (χ0v) is 14.2. The van der Waals surface area contributed by atoms with E-state index in [4.69, 9.17) is 4.74 Å². The van der Waals surface area contributed by atoms with E-state index >= 15 is 0 Å². The molecule has 4 rings (SSSR count). The maximum atomic E-state index is 13.2. The van der Waals surface area contributed by atoms with E-state index < -0.39 is 5.60 Å². The minimum atomic E-state index is -1.25. The van der Waals surface area contributed by atoms with Gasteiger partial charge in [0.15, 0.2) is 5.60 Å². The van der Waals surface area contributed by atoms with Crippen molar-refractivity contribution in [3.63, 3.8) is 0 Å². The maximum absolute atomic E-state index is 13.2. The molecule has 132 valence electrons. The molecular weight excluding hydrogens is 333 g/mol. The van der Waals surface area contributed by atoms with Gasteiger partial charge in [-0.2, -0.15) is 0 Å². The van der Waals surface area contributed by atoms with Crippen LogP contribution < -0.4 is 4.90 Å². The number of hydrogen-bond donors (Lipinski definition) is 0. The molecule has 1 atom stereocenters. The van der Waals surface area contributed by atoms with E-state index in [-0.39, 0.29) is 17.6 Å². The van der Waals surface area contributed by atoms with Crippen molar-refractivity contribution < 1.29 is 18.7 Å². The third-order valence-electron chi connectivity index (χ3n) is 4.88. The normalized spacial score (nSPS) is 24.7. The first-order valence-corrected chi connectivity index (χ1v) is 8.67. The third-order valence-corrected chi connectivity index (χ3v) is 4.88. The van der Waals surface area contributed by atoms with Gasteiger partial charge in [0, 0.05) is 6.61 Å². The largest absolute Gasteiger partial charge is 0.360 e.